The molecule has 0 amide bonds. The zero-order chi connectivity index (χ0) is 21.1. The van der Waals surface area contributed by atoms with Crippen LogP contribution in [-0.4, -0.2) is 55.6 Å². The van der Waals surface area contributed by atoms with E-state index in [4.69, 9.17) is 0 Å². The fraction of sp³-hybridized carbons (Fsp3) is 0.769. The zero-order valence-electron chi connectivity index (χ0n) is 20.0. The molecule has 1 saturated heterocycles. The lowest BCUT2D eigenvalue weighted by Gasteiger charge is -2.39. The topological polar surface area (TPSA) is 9.72 Å². The van der Waals surface area contributed by atoms with Gasteiger partial charge in [0.2, 0.25) is 0 Å². The van der Waals surface area contributed by atoms with Gasteiger partial charge in [-0.25, -0.2) is 0 Å². The molecule has 1 aromatic rings. The Bertz CT molecular complexity index is 533. The first-order valence-corrected chi connectivity index (χ1v) is 12.3. The summed E-state index contributed by atoms with van der Waals surface area (Å²) < 4.78 is 0. The lowest BCUT2D eigenvalue weighted by molar-refractivity contribution is 0.186. The number of hydrogen-bond donors (Lipinski definition) is 0. The molecule has 0 bridgehead atoms. The lowest BCUT2D eigenvalue weighted by Crippen LogP contribution is -2.49. The van der Waals surface area contributed by atoms with Crippen LogP contribution in [0.25, 0.3) is 0 Å². The molecule has 2 rings (SSSR count). The number of piperazine rings is 1. The average Bonchev–Trinajstić information content (AvgIpc) is 2.73. The summed E-state index contributed by atoms with van der Waals surface area (Å²) in [5.74, 6) is 0.878. The fourth-order valence-corrected chi connectivity index (χ4v) is 4.65. The Balaban J connectivity index is 1.72. The first-order valence-electron chi connectivity index (χ1n) is 12.3. The smallest absolute Gasteiger partial charge is 0.0367 e. The molecular formula is C26H47N3. The second-order valence-corrected chi connectivity index (χ2v) is 9.45. The van der Waals surface area contributed by atoms with Crippen LogP contribution < -0.4 is 4.90 Å². The molecule has 1 heterocycles. The highest BCUT2D eigenvalue weighted by Crippen LogP contribution is 2.20. The Hall–Kier alpha value is -1.06. The molecule has 29 heavy (non-hydrogen) atoms. The van der Waals surface area contributed by atoms with Crippen molar-refractivity contribution in [1.82, 2.24) is 9.80 Å². The fourth-order valence-electron chi connectivity index (χ4n) is 4.65. The predicted molar refractivity (Wildman–Crippen MR) is 129 cm³/mol. The van der Waals surface area contributed by atoms with Gasteiger partial charge in [-0.3, -0.25) is 4.90 Å². The molecule has 0 aliphatic carbocycles. The largest absolute Gasteiger partial charge is 0.369 e. The van der Waals surface area contributed by atoms with Crippen molar-refractivity contribution in [3.63, 3.8) is 0 Å². The number of nitrogens with zero attached hydrogens (tertiary/aromatic N) is 3. The quantitative estimate of drug-likeness (QED) is 0.399. The number of anilines is 1. The summed E-state index contributed by atoms with van der Waals surface area (Å²) in [7, 11) is 2.26. The van der Waals surface area contributed by atoms with Gasteiger partial charge in [0.05, 0.1) is 0 Å². The molecule has 2 atom stereocenters. The molecule has 1 aliphatic heterocycles. The summed E-state index contributed by atoms with van der Waals surface area (Å²) >= 11 is 0. The molecule has 166 valence electrons. The molecule has 0 radical (unpaired) electrons. The van der Waals surface area contributed by atoms with Crippen molar-refractivity contribution in [3.8, 4) is 0 Å². The van der Waals surface area contributed by atoms with Crippen LogP contribution in [-0.2, 0) is 6.54 Å². The number of hydrogen-bond acceptors (Lipinski definition) is 3. The maximum absolute atomic E-state index is 2.68. The van der Waals surface area contributed by atoms with Gasteiger partial charge in [-0.05, 0) is 63.4 Å². The third kappa shape index (κ3) is 8.68. The molecule has 1 fully saturated rings. The minimum Gasteiger partial charge on any atom is -0.369 e. The summed E-state index contributed by atoms with van der Waals surface area (Å²) in [5, 5.41) is 0. The van der Waals surface area contributed by atoms with Gasteiger partial charge in [-0.15, -0.1) is 0 Å². The predicted octanol–water partition coefficient (Wildman–Crippen LogP) is 6.04. The third-order valence-corrected chi connectivity index (χ3v) is 6.69. The summed E-state index contributed by atoms with van der Waals surface area (Å²) in [4.78, 5) is 7.71. The van der Waals surface area contributed by atoms with Gasteiger partial charge in [0.15, 0.2) is 0 Å². The van der Waals surface area contributed by atoms with Gasteiger partial charge < -0.3 is 9.80 Å². The monoisotopic (exact) mass is 401 g/mol. The first kappa shape index (κ1) is 24.2. The van der Waals surface area contributed by atoms with Crippen LogP contribution in [0.4, 0.5) is 5.69 Å². The molecule has 1 aliphatic rings. The Morgan fingerprint density at radius 3 is 2.17 bits per heavy atom. The van der Waals surface area contributed by atoms with Gasteiger partial charge >= 0.3 is 0 Å². The lowest BCUT2D eigenvalue weighted by atomic mass is 10.0. The van der Waals surface area contributed by atoms with Crippen LogP contribution in [0, 0.1) is 5.92 Å². The van der Waals surface area contributed by atoms with E-state index in [0.717, 1.165) is 31.6 Å². The SMILES string of the molecule is CCCCC(C)N1CCN(c2ccc(CN(C)CCCC(C)CCC)cc2)CC1. The number of rotatable bonds is 13. The van der Waals surface area contributed by atoms with Gasteiger partial charge in [0.1, 0.15) is 0 Å². The highest BCUT2D eigenvalue weighted by atomic mass is 15.3. The van der Waals surface area contributed by atoms with Crippen LogP contribution in [0.5, 0.6) is 0 Å². The molecule has 0 aromatic heterocycles. The van der Waals surface area contributed by atoms with E-state index in [2.05, 4.69) is 73.7 Å². The van der Waals surface area contributed by atoms with Gasteiger partial charge in [-0.2, -0.15) is 0 Å². The van der Waals surface area contributed by atoms with E-state index in [-0.39, 0.29) is 0 Å². The van der Waals surface area contributed by atoms with Crippen molar-refractivity contribution < 1.29 is 0 Å². The zero-order valence-corrected chi connectivity index (χ0v) is 20.0. The van der Waals surface area contributed by atoms with Crippen LogP contribution in [0.1, 0.15) is 78.2 Å². The Kier molecular flexibility index (Phi) is 11.1. The Morgan fingerprint density at radius 1 is 0.862 bits per heavy atom. The van der Waals surface area contributed by atoms with Gasteiger partial charge in [0, 0.05) is 44.5 Å². The van der Waals surface area contributed by atoms with Crippen LogP contribution in [0.2, 0.25) is 0 Å². The molecule has 0 N–H and O–H groups in total. The minimum absolute atomic E-state index is 0.736. The Morgan fingerprint density at radius 2 is 1.55 bits per heavy atom. The molecular weight excluding hydrogens is 354 g/mol. The number of unbranched alkanes of at least 4 members (excludes halogenated alkanes) is 1. The van der Waals surface area contributed by atoms with Crippen molar-refractivity contribution in [2.24, 2.45) is 5.92 Å². The third-order valence-electron chi connectivity index (χ3n) is 6.69. The van der Waals surface area contributed by atoms with E-state index in [1.54, 1.807) is 0 Å². The van der Waals surface area contributed by atoms with Crippen molar-refractivity contribution >= 4 is 5.69 Å². The summed E-state index contributed by atoms with van der Waals surface area (Å²) in [6.45, 7) is 16.4. The van der Waals surface area contributed by atoms with Crippen molar-refractivity contribution in [1.29, 1.82) is 0 Å². The molecule has 2 unspecified atom stereocenters. The van der Waals surface area contributed by atoms with E-state index < -0.39 is 0 Å². The maximum atomic E-state index is 2.68. The highest BCUT2D eigenvalue weighted by molar-refractivity contribution is 5.48. The second-order valence-electron chi connectivity index (χ2n) is 9.45. The molecule has 1 aromatic carbocycles. The van der Waals surface area contributed by atoms with Crippen molar-refractivity contribution in [3.05, 3.63) is 29.8 Å². The van der Waals surface area contributed by atoms with Crippen LogP contribution >= 0.6 is 0 Å². The second kappa shape index (κ2) is 13.3. The van der Waals surface area contributed by atoms with E-state index in [0.29, 0.717) is 0 Å². The van der Waals surface area contributed by atoms with Crippen molar-refractivity contribution in [2.75, 3.05) is 44.7 Å². The van der Waals surface area contributed by atoms with E-state index in [9.17, 15) is 0 Å². The summed E-state index contributed by atoms with van der Waals surface area (Å²) in [6, 6.07) is 10.1. The van der Waals surface area contributed by atoms with Crippen molar-refractivity contribution in [2.45, 2.75) is 85.2 Å². The first-order chi connectivity index (χ1) is 14.0. The molecule has 0 saturated carbocycles. The normalized spacial score (nSPS) is 17.7. The van der Waals surface area contributed by atoms with Crippen LogP contribution in [0.3, 0.4) is 0 Å². The standard InChI is InChI=1S/C26H47N3/c1-6-8-12-24(4)28-18-20-29(21-19-28)26-15-13-25(14-16-26)22-27(5)17-9-11-23(3)10-7-2/h13-16,23-24H,6-12,17-22H2,1-5H3. The van der Waals surface area contributed by atoms with Gasteiger partial charge in [0.25, 0.3) is 0 Å². The summed E-state index contributed by atoms with van der Waals surface area (Å²) in [5.41, 5.74) is 2.83. The van der Waals surface area contributed by atoms with E-state index in [1.165, 1.54) is 75.8 Å². The van der Waals surface area contributed by atoms with Crippen LogP contribution in [0.15, 0.2) is 24.3 Å². The molecule has 3 nitrogen and oxygen atoms in total. The molecule has 0 spiro atoms. The molecule has 3 heteroatoms. The van der Waals surface area contributed by atoms with Gasteiger partial charge in [-0.1, -0.05) is 58.6 Å². The van der Waals surface area contributed by atoms with E-state index >= 15 is 0 Å². The minimum atomic E-state index is 0.736. The summed E-state index contributed by atoms with van der Waals surface area (Å²) in [6.07, 6.45) is 9.37. The number of benzene rings is 1. The van der Waals surface area contributed by atoms with E-state index in [1.807, 2.05) is 0 Å². The highest BCUT2D eigenvalue weighted by Gasteiger charge is 2.20. The Labute approximate surface area is 181 Å². The maximum Gasteiger partial charge on any atom is 0.0367 e. The average molecular weight is 402 g/mol.